The van der Waals surface area contributed by atoms with Crippen LogP contribution in [-0.4, -0.2) is 46.6 Å². The Morgan fingerprint density at radius 2 is 1.88 bits per heavy atom. The second-order valence-electron chi connectivity index (χ2n) is 7.43. The lowest BCUT2D eigenvalue weighted by Crippen LogP contribution is -2.04. The number of anilines is 3. The molecule has 0 amide bonds. The number of H-pyrrole nitrogens is 1. The number of nitrogens with two attached hydrogens (primary N) is 1. The minimum atomic E-state index is -3.63. The Bertz CT molecular complexity index is 1360. The van der Waals surface area contributed by atoms with Gasteiger partial charge in [0.15, 0.2) is 9.84 Å². The van der Waals surface area contributed by atoms with Gasteiger partial charge in [0.05, 0.1) is 11.3 Å². The Kier molecular flexibility index (Phi) is 7.92. The number of aryl methyl sites for hydroxylation is 1. The second-order valence-corrected chi connectivity index (χ2v) is 9.41. The lowest BCUT2D eigenvalue weighted by molar-refractivity contribution is 0.299. The first-order valence-corrected chi connectivity index (χ1v) is 12.1. The second kappa shape index (κ2) is 10.9. The highest BCUT2D eigenvalue weighted by atomic mass is 32.2. The van der Waals surface area contributed by atoms with Crippen LogP contribution in [0.1, 0.15) is 11.3 Å². The molecule has 0 aliphatic heterocycles. The molecule has 0 unspecified atom stereocenters. The Morgan fingerprint density at radius 3 is 2.44 bits per heavy atom. The van der Waals surface area contributed by atoms with Crippen LogP contribution in [0.4, 0.5) is 21.8 Å². The first-order valence-electron chi connectivity index (χ1n) is 10.2. The van der Waals surface area contributed by atoms with Gasteiger partial charge in [-0.15, -0.1) is 0 Å². The molecule has 2 aromatic carbocycles. The van der Waals surface area contributed by atoms with Crippen LogP contribution in [0, 0.1) is 12.7 Å². The molecule has 0 spiro atoms. The number of aromatic nitrogens is 4. The van der Waals surface area contributed by atoms with E-state index in [-0.39, 0.29) is 23.3 Å². The molecule has 0 aliphatic carbocycles. The molecule has 0 radical (unpaired) electrons. The van der Waals surface area contributed by atoms with Gasteiger partial charge in [0.2, 0.25) is 5.95 Å². The van der Waals surface area contributed by atoms with Crippen LogP contribution in [-0.2, 0) is 16.3 Å². The van der Waals surface area contributed by atoms with Crippen molar-refractivity contribution < 1.29 is 17.9 Å². The van der Waals surface area contributed by atoms with Crippen molar-refractivity contribution in [1.82, 2.24) is 20.2 Å². The predicted octanol–water partition coefficient (Wildman–Crippen LogP) is 3.26. The molecule has 9 nitrogen and oxygen atoms in total. The van der Waals surface area contributed by atoms with E-state index in [0.717, 1.165) is 24.4 Å². The van der Waals surface area contributed by atoms with Crippen molar-refractivity contribution >= 4 is 27.3 Å². The Hall–Kier alpha value is -3.83. The van der Waals surface area contributed by atoms with Crippen LogP contribution in [0.2, 0.25) is 0 Å². The summed E-state index contributed by atoms with van der Waals surface area (Å²) in [4.78, 5) is 7.87. The molecule has 34 heavy (non-hydrogen) atoms. The van der Waals surface area contributed by atoms with Gasteiger partial charge in [-0.05, 0) is 43.2 Å². The minimum absolute atomic E-state index is 0.153. The summed E-state index contributed by atoms with van der Waals surface area (Å²) in [6.45, 7) is 2.10. The number of hydrogen-bond donors (Lipinski definition) is 4. The van der Waals surface area contributed by atoms with Gasteiger partial charge in [-0.1, -0.05) is 30.3 Å². The molecule has 0 atom stereocenters. The zero-order valence-corrected chi connectivity index (χ0v) is 19.5. The summed E-state index contributed by atoms with van der Waals surface area (Å²) in [5.74, 6) is -0.499. The number of benzene rings is 2. The maximum Gasteiger partial charge on any atom is 0.229 e. The molecule has 0 bridgehead atoms. The maximum absolute atomic E-state index is 13.9. The third-order valence-electron chi connectivity index (χ3n) is 4.63. The predicted molar refractivity (Wildman–Crippen MR) is 129 cm³/mol. The fourth-order valence-electron chi connectivity index (χ4n) is 2.99. The van der Waals surface area contributed by atoms with Crippen LogP contribution < -0.4 is 11.1 Å². The number of aromatic amines is 1. The van der Waals surface area contributed by atoms with E-state index in [9.17, 15) is 12.8 Å². The summed E-state index contributed by atoms with van der Waals surface area (Å²) in [6.07, 6.45) is 3.21. The van der Waals surface area contributed by atoms with Gasteiger partial charge in [-0.3, -0.25) is 5.10 Å². The van der Waals surface area contributed by atoms with E-state index in [1.165, 1.54) is 23.9 Å². The van der Waals surface area contributed by atoms with E-state index in [1.807, 2.05) is 37.3 Å². The molecule has 0 fully saturated rings. The number of sulfone groups is 1. The third kappa shape index (κ3) is 6.59. The molecule has 2 heterocycles. The lowest BCUT2D eigenvalue weighted by atomic mass is 10.2. The number of nitrogens with one attached hydrogen (secondary N) is 2. The van der Waals surface area contributed by atoms with Crippen LogP contribution in [0.15, 0.2) is 65.7 Å². The molecule has 0 saturated carbocycles. The summed E-state index contributed by atoms with van der Waals surface area (Å²) >= 11 is 0. The first kappa shape index (κ1) is 24.8. The third-order valence-corrected chi connectivity index (χ3v) is 5.76. The number of hydrogen-bond acceptors (Lipinski definition) is 8. The van der Waals surface area contributed by atoms with Gasteiger partial charge in [-0.2, -0.15) is 10.1 Å². The molecule has 5 N–H and O–H groups in total. The Morgan fingerprint density at radius 1 is 1.15 bits per heavy atom. The highest BCUT2D eigenvalue weighted by Crippen LogP contribution is 2.25. The average Bonchev–Trinajstić information content (AvgIpc) is 3.20. The van der Waals surface area contributed by atoms with Crippen LogP contribution in [0.3, 0.4) is 0 Å². The number of aliphatic hydroxyl groups excluding tert-OH is 1. The van der Waals surface area contributed by atoms with Gasteiger partial charge in [0, 0.05) is 30.4 Å². The molecule has 0 aliphatic rings. The van der Waals surface area contributed by atoms with Crippen molar-refractivity contribution in [2.75, 3.05) is 23.9 Å². The average molecular weight is 485 g/mol. The topological polar surface area (TPSA) is 147 Å². The summed E-state index contributed by atoms with van der Waals surface area (Å²) in [7, 11) is -3.63. The van der Waals surface area contributed by atoms with Gasteiger partial charge < -0.3 is 16.2 Å². The fourth-order valence-corrected chi connectivity index (χ4v) is 3.72. The van der Waals surface area contributed by atoms with Crippen molar-refractivity contribution in [2.24, 2.45) is 0 Å². The van der Waals surface area contributed by atoms with Gasteiger partial charge in [0.25, 0.3) is 0 Å². The number of halogens is 1. The van der Waals surface area contributed by atoms with E-state index in [0.29, 0.717) is 16.9 Å². The molecular formula is C23H25FN6O3S. The quantitative estimate of drug-likeness (QED) is 0.326. The minimum Gasteiger partial charge on any atom is -0.396 e. The zero-order chi connectivity index (χ0) is 24.7. The summed E-state index contributed by atoms with van der Waals surface area (Å²) in [6, 6.07) is 15.4. The van der Waals surface area contributed by atoms with Crippen molar-refractivity contribution in [3.8, 4) is 11.3 Å². The van der Waals surface area contributed by atoms with E-state index >= 15 is 0 Å². The number of rotatable bonds is 6. The van der Waals surface area contributed by atoms with Crippen molar-refractivity contribution in [1.29, 1.82) is 0 Å². The van der Waals surface area contributed by atoms with Crippen molar-refractivity contribution in [2.45, 2.75) is 18.2 Å². The van der Waals surface area contributed by atoms with Crippen molar-refractivity contribution in [3.63, 3.8) is 0 Å². The van der Waals surface area contributed by atoms with Crippen LogP contribution >= 0.6 is 0 Å². The summed E-state index contributed by atoms with van der Waals surface area (Å²) < 4.78 is 36.8. The van der Waals surface area contributed by atoms with E-state index in [4.69, 9.17) is 10.8 Å². The zero-order valence-electron chi connectivity index (χ0n) is 18.7. The van der Waals surface area contributed by atoms with Crippen LogP contribution in [0.25, 0.3) is 11.3 Å². The largest absolute Gasteiger partial charge is 0.396 e. The molecule has 11 heteroatoms. The monoisotopic (exact) mass is 484 g/mol. The van der Waals surface area contributed by atoms with E-state index in [1.54, 1.807) is 6.07 Å². The maximum atomic E-state index is 13.9. The van der Waals surface area contributed by atoms with Crippen molar-refractivity contribution in [3.05, 3.63) is 77.9 Å². The summed E-state index contributed by atoms with van der Waals surface area (Å²) in [5, 5.41) is 18.2. The highest BCUT2D eigenvalue weighted by molar-refractivity contribution is 7.90. The number of nitrogen functional groups attached to an aromatic ring is 1. The first-order chi connectivity index (χ1) is 16.2. The van der Waals surface area contributed by atoms with E-state index in [2.05, 4.69) is 25.5 Å². The molecular weight excluding hydrogens is 459 g/mol. The number of aliphatic hydroxyl groups is 1. The molecule has 0 saturated heterocycles. The summed E-state index contributed by atoms with van der Waals surface area (Å²) in [5.41, 5.74) is 9.47. The number of nitrogens with zero attached hydrogens (tertiary/aromatic N) is 3. The fraction of sp³-hybridized carbons (Fsp3) is 0.174. The molecule has 4 aromatic rings. The lowest BCUT2D eigenvalue weighted by Gasteiger charge is -2.08. The van der Waals surface area contributed by atoms with Gasteiger partial charge in [0.1, 0.15) is 16.5 Å². The molecule has 178 valence electrons. The van der Waals surface area contributed by atoms with Crippen LogP contribution in [0.5, 0.6) is 0 Å². The Balaban J connectivity index is 0.000000302. The highest BCUT2D eigenvalue weighted by Gasteiger charge is 2.15. The van der Waals surface area contributed by atoms with Gasteiger partial charge in [-0.25, -0.2) is 17.8 Å². The van der Waals surface area contributed by atoms with E-state index < -0.39 is 15.7 Å². The smallest absolute Gasteiger partial charge is 0.229 e. The van der Waals surface area contributed by atoms with Gasteiger partial charge >= 0.3 is 0 Å². The standard InChI is InChI=1S/C15H15FN6O2S.C8H10O/c1-8-5-12(22-21-8)10-7-18-15(20-14(10)17)19-9-3-4-13(11(16)6-9)25(2,23)24;9-7-6-8-4-2-1-3-5-8/h3-7H,1-2H3,(H,21,22)(H3,17,18,19,20);1-5,9H,6-7H2. The normalized spacial score (nSPS) is 10.9. The Labute approximate surface area is 196 Å². The SMILES string of the molecule is Cc1cc(-c2cnc(Nc3ccc(S(C)(=O)=O)c(F)c3)nc2N)n[nH]1.OCCc1ccccc1. The molecule has 4 rings (SSSR count). The molecule has 2 aromatic heterocycles.